The third-order valence-electron chi connectivity index (χ3n) is 2.08. The summed E-state index contributed by atoms with van der Waals surface area (Å²) in [6.07, 6.45) is 4.24. The van der Waals surface area contributed by atoms with Crippen molar-refractivity contribution in [1.82, 2.24) is 5.32 Å². The number of rotatable bonds is 4. The topological polar surface area (TPSA) is 21.3 Å². The molecule has 0 aromatic carbocycles. The van der Waals surface area contributed by atoms with E-state index >= 15 is 0 Å². The summed E-state index contributed by atoms with van der Waals surface area (Å²) in [4.78, 5) is 0. The van der Waals surface area contributed by atoms with Crippen molar-refractivity contribution in [2.24, 2.45) is 0 Å². The Balaban J connectivity index is 1.94. The van der Waals surface area contributed by atoms with Crippen molar-refractivity contribution in [3.63, 3.8) is 0 Å². The summed E-state index contributed by atoms with van der Waals surface area (Å²) in [6, 6.07) is 0.730. The third kappa shape index (κ3) is 3.73. The number of hydrogen-bond donors (Lipinski definition) is 1. The van der Waals surface area contributed by atoms with Crippen molar-refractivity contribution in [1.29, 1.82) is 0 Å². The van der Waals surface area contributed by atoms with E-state index in [1.54, 1.807) is 0 Å². The maximum Gasteiger partial charge on any atom is 0.0518 e. The molecule has 2 nitrogen and oxygen atoms in total. The van der Waals surface area contributed by atoms with E-state index in [0.717, 1.165) is 12.6 Å². The minimum atomic E-state index is 0.386. The lowest BCUT2D eigenvalue weighted by Crippen LogP contribution is -2.23. The first-order chi connectivity index (χ1) is 5.29. The molecule has 66 valence electrons. The Morgan fingerprint density at radius 3 is 2.91 bits per heavy atom. The first kappa shape index (κ1) is 9.01. The van der Waals surface area contributed by atoms with Gasteiger partial charge in [-0.25, -0.2) is 0 Å². The number of nitrogens with one attached hydrogen (secondary N) is 1. The zero-order chi connectivity index (χ0) is 8.10. The van der Waals surface area contributed by atoms with Crippen LogP contribution in [0.15, 0.2) is 0 Å². The molecule has 0 aromatic rings. The predicted octanol–water partition coefficient (Wildman–Crippen LogP) is 1.55. The van der Waals surface area contributed by atoms with Crippen LogP contribution in [0.4, 0.5) is 0 Å². The van der Waals surface area contributed by atoms with Crippen LogP contribution in [0.25, 0.3) is 0 Å². The molecular weight excluding hydrogens is 138 g/mol. The first-order valence-electron chi connectivity index (χ1n) is 4.64. The SMILES string of the molecule is CC(C)OCCC1CCCN1. The van der Waals surface area contributed by atoms with E-state index in [1.807, 2.05) is 0 Å². The minimum Gasteiger partial charge on any atom is -0.379 e. The van der Waals surface area contributed by atoms with Crippen LogP contribution >= 0.6 is 0 Å². The summed E-state index contributed by atoms with van der Waals surface area (Å²) in [6.45, 7) is 6.28. The molecule has 1 saturated heterocycles. The number of ether oxygens (including phenoxy) is 1. The van der Waals surface area contributed by atoms with Crippen molar-refractivity contribution < 1.29 is 4.74 Å². The predicted molar refractivity (Wildman–Crippen MR) is 46.7 cm³/mol. The molecule has 0 radical (unpaired) electrons. The fraction of sp³-hybridized carbons (Fsp3) is 1.00. The van der Waals surface area contributed by atoms with Crippen LogP contribution in [0.3, 0.4) is 0 Å². The molecule has 0 aromatic heterocycles. The van der Waals surface area contributed by atoms with E-state index in [0.29, 0.717) is 6.10 Å². The molecule has 1 atom stereocenters. The van der Waals surface area contributed by atoms with Gasteiger partial charge in [-0.15, -0.1) is 0 Å². The van der Waals surface area contributed by atoms with Gasteiger partial charge in [0, 0.05) is 12.6 Å². The summed E-state index contributed by atoms with van der Waals surface area (Å²) >= 11 is 0. The van der Waals surface area contributed by atoms with Crippen LogP contribution in [-0.4, -0.2) is 25.3 Å². The monoisotopic (exact) mass is 157 g/mol. The van der Waals surface area contributed by atoms with Crippen molar-refractivity contribution in [2.45, 2.75) is 45.3 Å². The van der Waals surface area contributed by atoms with Crippen LogP contribution in [0.2, 0.25) is 0 Å². The maximum absolute atomic E-state index is 5.46. The van der Waals surface area contributed by atoms with Gasteiger partial charge in [-0.3, -0.25) is 0 Å². The van der Waals surface area contributed by atoms with Gasteiger partial charge in [0.15, 0.2) is 0 Å². The molecule has 1 aliphatic heterocycles. The summed E-state index contributed by atoms with van der Waals surface area (Å²) in [7, 11) is 0. The van der Waals surface area contributed by atoms with E-state index < -0.39 is 0 Å². The fourth-order valence-electron chi connectivity index (χ4n) is 1.45. The van der Waals surface area contributed by atoms with Crippen LogP contribution < -0.4 is 5.32 Å². The smallest absolute Gasteiger partial charge is 0.0518 e. The molecule has 1 unspecified atom stereocenters. The molecule has 1 heterocycles. The van der Waals surface area contributed by atoms with E-state index in [9.17, 15) is 0 Å². The Hall–Kier alpha value is -0.0800. The third-order valence-corrected chi connectivity index (χ3v) is 2.08. The summed E-state index contributed by atoms with van der Waals surface area (Å²) in [5.41, 5.74) is 0. The second-order valence-corrected chi connectivity index (χ2v) is 3.50. The highest BCUT2D eigenvalue weighted by Gasteiger charge is 2.12. The Morgan fingerprint density at radius 2 is 2.36 bits per heavy atom. The van der Waals surface area contributed by atoms with Gasteiger partial charge >= 0.3 is 0 Å². The highest BCUT2D eigenvalue weighted by molar-refractivity contribution is 4.73. The lowest BCUT2D eigenvalue weighted by atomic mass is 10.2. The molecule has 0 bridgehead atoms. The van der Waals surface area contributed by atoms with E-state index in [2.05, 4.69) is 19.2 Å². The molecule has 0 amide bonds. The van der Waals surface area contributed by atoms with Gasteiger partial charge in [0.25, 0.3) is 0 Å². The zero-order valence-corrected chi connectivity index (χ0v) is 7.60. The molecule has 1 fully saturated rings. The van der Waals surface area contributed by atoms with Crippen LogP contribution in [0.5, 0.6) is 0 Å². The first-order valence-corrected chi connectivity index (χ1v) is 4.64. The van der Waals surface area contributed by atoms with Crippen LogP contribution in [0, 0.1) is 0 Å². The van der Waals surface area contributed by atoms with E-state index in [-0.39, 0.29) is 0 Å². The lowest BCUT2D eigenvalue weighted by Gasteiger charge is -2.11. The molecule has 11 heavy (non-hydrogen) atoms. The average Bonchev–Trinajstić information content (AvgIpc) is 2.39. The second-order valence-electron chi connectivity index (χ2n) is 3.50. The standard InChI is InChI=1S/C9H19NO/c1-8(2)11-7-5-9-4-3-6-10-9/h8-10H,3-7H2,1-2H3. The zero-order valence-electron chi connectivity index (χ0n) is 7.60. The Morgan fingerprint density at radius 1 is 1.55 bits per heavy atom. The largest absolute Gasteiger partial charge is 0.379 e. The molecule has 1 aliphatic rings. The average molecular weight is 157 g/mol. The van der Waals surface area contributed by atoms with Crippen LogP contribution in [-0.2, 0) is 4.74 Å². The van der Waals surface area contributed by atoms with Crippen molar-refractivity contribution >= 4 is 0 Å². The highest BCUT2D eigenvalue weighted by Crippen LogP contribution is 2.08. The fourth-order valence-corrected chi connectivity index (χ4v) is 1.45. The molecule has 0 spiro atoms. The van der Waals surface area contributed by atoms with Crippen LogP contribution in [0.1, 0.15) is 33.1 Å². The second kappa shape index (κ2) is 4.73. The quantitative estimate of drug-likeness (QED) is 0.668. The highest BCUT2D eigenvalue weighted by atomic mass is 16.5. The molecular formula is C9H19NO. The molecule has 1 rings (SSSR count). The lowest BCUT2D eigenvalue weighted by molar-refractivity contribution is 0.0726. The minimum absolute atomic E-state index is 0.386. The maximum atomic E-state index is 5.46. The van der Waals surface area contributed by atoms with E-state index in [1.165, 1.54) is 25.8 Å². The normalized spacial score (nSPS) is 24.8. The Bertz CT molecular complexity index is 97.7. The molecule has 1 N–H and O–H groups in total. The van der Waals surface area contributed by atoms with Gasteiger partial charge in [-0.05, 0) is 39.7 Å². The van der Waals surface area contributed by atoms with E-state index in [4.69, 9.17) is 4.74 Å². The van der Waals surface area contributed by atoms with Crippen molar-refractivity contribution in [2.75, 3.05) is 13.2 Å². The number of hydrogen-bond acceptors (Lipinski definition) is 2. The van der Waals surface area contributed by atoms with Gasteiger partial charge in [-0.1, -0.05) is 0 Å². The van der Waals surface area contributed by atoms with Crippen molar-refractivity contribution in [3.05, 3.63) is 0 Å². The van der Waals surface area contributed by atoms with Gasteiger partial charge in [0.1, 0.15) is 0 Å². The summed E-state index contributed by atoms with van der Waals surface area (Å²) in [5, 5.41) is 3.45. The summed E-state index contributed by atoms with van der Waals surface area (Å²) < 4.78 is 5.46. The van der Waals surface area contributed by atoms with Gasteiger partial charge < -0.3 is 10.1 Å². The Labute approximate surface area is 69.3 Å². The summed E-state index contributed by atoms with van der Waals surface area (Å²) in [5.74, 6) is 0. The van der Waals surface area contributed by atoms with Gasteiger partial charge in [-0.2, -0.15) is 0 Å². The molecule has 2 heteroatoms. The molecule has 0 saturated carbocycles. The van der Waals surface area contributed by atoms with Crippen molar-refractivity contribution in [3.8, 4) is 0 Å². The van der Waals surface area contributed by atoms with Gasteiger partial charge in [0.05, 0.1) is 6.10 Å². The van der Waals surface area contributed by atoms with Gasteiger partial charge in [0.2, 0.25) is 0 Å². The Kier molecular flexibility index (Phi) is 3.87. The molecule has 0 aliphatic carbocycles.